The number of anilines is 2. The van der Waals surface area contributed by atoms with Crippen molar-refractivity contribution in [1.29, 1.82) is 0 Å². The molecule has 0 aromatic carbocycles. The van der Waals surface area contributed by atoms with E-state index in [1.807, 2.05) is 20.8 Å². The Hall–Kier alpha value is -1.53. The van der Waals surface area contributed by atoms with Crippen LogP contribution < -0.4 is 11.1 Å². The minimum atomic E-state index is -4.08. The summed E-state index contributed by atoms with van der Waals surface area (Å²) in [6, 6.07) is 1.58. The molecule has 0 amide bonds. The fourth-order valence-corrected chi connectivity index (χ4v) is 1.56. The minimum absolute atomic E-state index is 0.100. The summed E-state index contributed by atoms with van der Waals surface area (Å²) >= 11 is 0. The number of unbranched alkanes of at least 4 members (excludes halogenated alkanes) is 1. The maximum atomic E-state index is 12.0. The van der Waals surface area contributed by atoms with E-state index >= 15 is 0 Å². The maximum absolute atomic E-state index is 12.0. The second-order valence-corrected chi connectivity index (χ2v) is 5.75. The molecule has 0 unspecified atom stereocenters. The van der Waals surface area contributed by atoms with Gasteiger partial charge < -0.3 is 11.1 Å². The number of halogens is 3. The smallest absolute Gasteiger partial charge is 0.384 e. The van der Waals surface area contributed by atoms with Crippen LogP contribution in [0.4, 0.5) is 24.8 Å². The molecular weight excluding hydrogens is 269 g/mol. The van der Waals surface area contributed by atoms with Gasteiger partial charge in [-0.05, 0) is 12.8 Å². The third kappa shape index (κ3) is 6.08. The number of nitrogen functional groups attached to an aromatic ring is 1. The fraction of sp³-hybridized carbons (Fsp3) is 0.692. The molecule has 0 spiro atoms. The highest BCUT2D eigenvalue weighted by molar-refractivity contribution is 5.45. The van der Waals surface area contributed by atoms with E-state index < -0.39 is 12.6 Å². The average molecular weight is 290 g/mol. The molecular formula is C13H21F3N4. The third-order valence-electron chi connectivity index (χ3n) is 2.61. The van der Waals surface area contributed by atoms with E-state index in [1.165, 1.54) is 0 Å². The van der Waals surface area contributed by atoms with Gasteiger partial charge >= 0.3 is 6.18 Å². The Kier molecular flexibility index (Phi) is 5.19. The van der Waals surface area contributed by atoms with E-state index in [9.17, 15) is 13.2 Å². The number of hydrogen-bond donors (Lipinski definition) is 2. The van der Waals surface area contributed by atoms with Crippen LogP contribution in [0, 0.1) is 0 Å². The molecule has 1 heterocycles. The monoisotopic (exact) mass is 290 g/mol. The highest BCUT2D eigenvalue weighted by Gasteiger charge is 2.25. The van der Waals surface area contributed by atoms with Gasteiger partial charge in [-0.3, -0.25) is 0 Å². The van der Waals surface area contributed by atoms with Crippen molar-refractivity contribution < 1.29 is 13.2 Å². The van der Waals surface area contributed by atoms with Gasteiger partial charge in [-0.1, -0.05) is 20.8 Å². The molecule has 0 aliphatic carbocycles. The molecule has 0 saturated carbocycles. The van der Waals surface area contributed by atoms with Crippen molar-refractivity contribution in [1.82, 2.24) is 9.97 Å². The van der Waals surface area contributed by atoms with Crippen LogP contribution in [-0.4, -0.2) is 22.7 Å². The van der Waals surface area contributed by atoms with Crippen LogP contribution in [0.3, 0.4) is 0 Å². The lowest BCUT2D eigenvalue weighted by Crippen LogP contribution is -2.18. The molecule has 1 aromatic heterocycles. The van der Waals surface area contributed by atoms with Crippen LogP contribution in [0.25, 0.3) is 0 Å². The zero-order valence-corrected chi connectivity index (χ0v) is 12.0. The maximum Gasteiger partial charge on any atom is 0.389 e. The highest BCUT2D eigenvalue weighted by Crippen LogP contribution is 2.23. The number of aromatic nitrogens is 2. The van der Waals surface area contributed by atoms with Gasteiger partial charge in [0.25, 0.3) is 0 Å². The van der Waals surface area contributed by atoms with E-state index in [0.717, 1.165) is 0 Å². The quantitative estimate of drug-likeness (QED) is 0.815. The topological polar surface area (TPSA) is 63.8 Å². The number of nitrogens with two attached hydrogens (primary N) is 1. The van der Waals surface area contributed by atoms with Gasteiger partial charge in [-0.15, -0.1) is 0 Å². The fourth-order valence-electron chi connectivity index (χ4n) is 1.56. The van der Waals surface area contributed by atoms with Gasteiger partial charge in [-0.2, -0.15) is 13.2 Å². The molecule has 7 heteroatoms. The van der Waals surface area contributed by atoms with Gasteiger partial charge in [0.05, 0.1) is 0 Å². The van der Waals surface area contributed by atoms with E-state index in [-0.39, 0.29) is 11.8 Å². The molecule has 0 fully saturated rings. The molecule has 0 radical (unpaired) electrons. The molecule has 0 aliphatic heterocycles. The zero-order chi connectivity index (χ0) is 15.4. The van der Waals surface area contributed by atoms with Crippen molar-refractivity contribution in [2.75, 3.05) is 17.6 Å². The van der Waals surface area contributed by atoms with Crippen molar-refractivity contribution in [2.24, 2.45) is 0 Å². The van der Waals surface area contributed by atoms with Gasteiger partial charge in [0, 0.05) is 24.4 Å². The van der Waals surface area contributed by atoms with E-state index in [0.29, 0.717) is 30.4 Å². The second-order valence-electron chi connectivity index (χ2n) is 5.75. The van der Waals surface area contributed by atoms with Crippen molar-refractivity contribution in [3.63, 3.8) is 0 Å². The summed E-state index contributed by atoms with van der Waals surface area (Å²) in [7, 11) is 0. The summed E-state index contributed by atoms with van der Waals surface area (Å²) in [5, 5.41) is 2.99. The Balaban J connectivity index is 2.50. The SMILES string of the molecule is CC(C)(C)c1nc(N)cc(NCCCCC(F)(F)F)n1. The lowest BCUT2D eigenvalue weighted by atomic mass is 9.96. The molecule has 114 valence electrons. The van der Waals surface area contributed by atoms with Gasteiger partial charge in [-0.25, -0.2) is 9.97 Å². The summed E-state index contributed by atoms with van der Waals surface area (Å²) in [6.07, 6.45) is -4.32. The molecule has 3 N–H and O–H groups in total. The first-order valence-electron chi connectivity index (χ1n) is 6.53. The first-order chi connectivity index (χ1) is 9.08. The van der Waals surface area contributed by atoms with Crippen LogP contribution >= 0.6 is 0 Å². The Labute approximate surface area is 117 Å². The van der Waals surface area contributed by atoms with Crippen molar-refractivity contribution in [3.05, 3.63) is 11.9 Å². The Morgan fingerprint density at radius 3 is 2.35 bits per heavy atom. The highest BCUT2D eigenvalue weighted by atomic mass is 19.4. The van der Waals surface area contributed by atoms with E-state index in [4.69, 9.17) is 5.73 Å². The van der Waals surface area contributed by atoms with Crippen LogP contribution in [0.15, 0.2) is 6.07 Å². The predicted molar refractivity (Wildman–Crippen MR) is 73.5 cm³/mol. The van der Waals surface area contributed by atoms with Crippen molar-refractivity contribution >= 4 is 11.6 Å². The number of rotatable bonds is 5. The van der Waals surface area contributed by atoms with Crippen LogP contribution in [0.2, 0.25) is 0 Å². The summed E-state index contributed by atoms with van der Waals surface area (Å²) in [4.78, 5) is 8.49. The number of nitrogens with one attached hydrogen (secondary N) is 1. The normalized spacial score (nSPS) is 12.5. The van der Waals surface area contributed by atoms with Crippen LogP contribution in [0.5, 0.6) is 0 Å². The second kappa shape index (κ2) is 6.28. The first-order valence-corrected chi connectivity index (χ1v) is 6.53. The summed E-state index contributed by atoms with van der Waals surface area (Å²) in [5.41, 5.74) is 5.47. The summed E-state index contributed by atoms with van der Waals surface area (Å²) < 4.78 is 36.0. The molecule has 0 aliphatic rings. The number of nitrogens with zero attached hydrogens (tertiary/aromatic N) is 2. The Bertz CT molecular complexity index is 438. The summed E-state index contributed by atoms with van der Waals surface area (Å²) in [6.45, 7) is 6.33. The first kappa shape index (κ1) is 16.5. The lowest BCUT2D eigenvalue weighted by molar-refractivity contribution is -0.135. The van der Waals surface area contributed by atoms with Crippen LogP contribution in [0.1, 0.15) is 45.9 Å². The standard InChI is InChI=1S/C13H21F3N4/c1-12(2,3)11-19-9(17)8-10(20-11)18-7-5-4-6-13(14,15)16/h8H,4-7H2,1-3H3,(H3,17,18,19,20). The molecule has 4 nitrogen and oxygen atoms in total. The zero-order valence-electron chi connectivity index (χ0n) is 12.0. The van der Waals surface area contributed by atoms with E-state index in [1.54, 1.807) is 6.07 Å². The largest absolute Gasteiger partial charge is 0.389 e. The molecule has 20 heavy (non-hydrogen) atoms. The van der Waals surface area contributed by atoms with Gasteiger partial charge in [0.2, 0.25) is 0 Å². The lowest BCUT2D eigenvalue weighted by Gasteiger charge is -2.18. The minimum Gasteiger partial charge on any atom is -0.384 e. The molecule has 0 bridgehead atoms. The van der Waals surface area contributed by atoms with Crippen LogP contribution in [-0.2, 0) is 5.41 Å². The van der Waals surface area contributed by atoms with Crippen molar-refractivity contribution in [2.45, 2.75) is 51.6 Å². The molecule has 1 rings (SSSR count). The van der Waals surface area contributed by atoms with Gasteiger partial charge in [0.15, 0.2) is 0 Å². The Morgan fingerprint density at radius 2 is 1.80 bits per heavy atom. The molecule has 0 atom stereocenters. The van der Waals surface area contributed by atoms with Crippen molar-refractivity contribution in [3.8, 4) is 0 Å². The number of alkyl halides is 3. The van der Waals surface area contributed by atoms with E-state index in [2.05, 4.69) is 15.3 Å². The van der Waals surface area contributed by atoms with Gasteiger partial charge in [0.1, 0.15) is 17.5 Å². The molecule has 1 aromatic rings. The average Bonchev–Trinajstić information content (AvgIpc) is 2.25. The summed E-state index contributed by atoms with van der Waals surface area (Å²) in [5.74, 6) is 1.51. The third-order valence-corrected chi connectivity index (χ3v) is 2.61. The Morgan fingerprint density at radius 1 is 1.15 bits per heavy atom. The predicted octanol–water partition coefficient (Wildman–Crippen LogP) is 3.50. The number of hydrogen-bond acceptors (Lipinski definition) is 4. The molecule has 0 saturated heterocycles.